The Morgan fingerprint density at radius 1 is 1.13 bits per heavy atom. The molecule has 0 saturated heterocycles. The van der Waals surface area contributed by atoms with Crippen molar-refractivity contribution in [2.75, 3.05) is 25.1 Å². The zero-order valence-electron chi connectivity index (χ0n) is 17.7. The van der Waals surface area contributed by atoms with E-state index in [1.807, 2.05) is 0 Å². The molecule has 2 N–H and O–H groups in total. The third-order valence-electron chi connectivity index (χ3n) is 5.64. The summed E-state index contributed by atoms with van der Waals surface area (Å²) < 4.78 is 37.2. The molecule has 31 heavy (non-hydrogen) atoms. The van der Waals surface area contributed by atoms with E-state index in [4.69, 9.17) is 15.2 Å². The van der Waals surface area contributed by atoms with Gasteiger partial charge >= 0.3 is 5.97 Å². The van der Waals surface area contributed by atoms with Gasteiger partial charge in [0.05, 0.1) is 35.6 Å². The summed E-state index contributed by atoms with van der Waals surface area (Å²) in [6.45, 7) is 1.93. The monoisotopic (exact) mass is 446 g/mol. The quantitative estimate of drug-likeness (QED) is 0.590. The molecular weight excluding hydrogens is 420 g/mol. The maximum Gasteiger partial charge on any atom is 0.313 e. The van der Waals surface area contributed by atoms with Crippen LogP contribution < -0.4 is 14.8 Å². The van der Waals surface area contributed by atoms with Crippen molar-refractivity contribution in [1.29, 1.82) is 0 Å². The predicted octanol–water partition coefficient (Wildman–Crippen LogP) is 2.12. The maximum absolute atomic E-state index is 12.9. The molecule has 9 heteroatoms. The molecule has 0 aliphatic heterocycles. The lowest BCUT2D eigenvalue weighted by Gasteiger charge is -2.20. The predicted molar refractivity (Wildman–Crippen MR) is 115 cm³/mol. The van der Waals surface area contributed by atoms with Gasteiger partial charge in [0.15, 0.2) is 0 Å². The first-order chi connectivity index (χ1) is 14.7. The highest BCUT2D eigenvalue weighted by Gasteiger charge is 2.63. The first kappa shape index (κ1) is 22.6. The Kier molecular flexibility index (Phi) is 6.26. The number of nitrogens with zero attached hydrogens (tertiary/aromatic N) is 1. The van der Waals surface area contributed by atoms with E-state index >= 15 is 0 Å². The van der Waals surface area contributed by atoms with E-state index < -0.39 is 33.2 Å². The number of sulfonamides is 1. The van der Waals surface area contributed by atoms with Crippen LogP contribution in [0.3, 0.4) is 0 Å². The molecule has 0 heterocycles. The minimum atomic E-state index is -3.75. The van der Waals surface area contributed by atoms with Crippen molar-refractivity contribution >= 4 is 27.6 Å². The molecule has 1 fully saturated rings. The van der Waals surface area contributed by atoms with Gasteiger partial charge in [-0.2, -0.15) is 0 Å². The van der Waals surface area contributed by atoms with Crippen molar-refractivity contribution in [3.63, 3.8) is 0 Å². The fourth-order valence-corrected chi connectivity index (χ4v) is 4.87. The Morgan fingerprint density at radius 3 is 2.23 bits per heavy atom. The molecule has 2 atom stereocenters. The molecule has 0 radical (unpaired) electrons. The summed E-state index contributed by atoms with van der Waals surface area (Å²) >= 11 is 0. The average molecular weight is 447 g/mol. The second-order valence-electron chi connectivity index (χ2n) is 7.53. The van der Waals surface area contributed by atoms with Gasteiger partial charge in [0.2, 0.25) is 5.91 Å². The second-order valence-corrected chi connectivity index (χ2v) is 9.50. The summed E-state index contributed by atoms with van der Waals surface area (Å²) in [5.74, 6) is -0.933. The first-order valence-corrected chi connectivity index (χ1v) is 11.3. The number of hydrogen-bond acceptors (Lipinski definition) is 6. The van der Waals surface area contributed by atoms with Crippen LogP contribution >= 0.6 is 0 Å². The molecule has 2 aromatic rings. The molecule has 1 saturated carbocycles. The average Bonchev–Trinajstić information content (AvgIpc) is 3.50. The van der Waals surface area contributed by atoms with E-state index in [-0.39, 0.29) is 11.5 Å². The fraction of sp³-hybridized carbons (Fsp3) is 0.364. The summed E-state index contributed by atoms with van der Waals surface area (Å²) in [5, 5.41) is 0. The SMILES string of the molecule is CCOC(=O)[C@@]1(Cc2ccc(N(C)S(=O)(=O)c3ccc(OC)cc3)cc2)CC1C(N)=O. The van der Waals surface area contributed by atoms with Crippen LogP contribution in [0.1, 0.15) is 18.9 Å². The van der Waals surface area contributed by atoms with Gasteiger partial charge in [-0.25, -0.2) is 8.42 Å². The molecule has 1 unspecified atom stereocenters. The lowest BCUT2D eigenvalue weighted by Crippen LogP contribution is -2.29. The Balaban J connectivity index is 1.79. The molecule has 2 aromatic carbocycles. The van der Waals surface area contributed by atoms with Gasteiger partial charge in [-0.3, -0.25) is 13.9 Å². The smallest absolute Gasteiger partial charge is 0.313 e. The number of anilines is 1. The standard InChI is InChI=1S/C22H26N2O6S/c1-4-30-21(26)22(14-19(22)20(23)25)13-15-5-7-16(8-6-15)24(2)31(27,28)18-11-9-17(29-3)10-12-18/h5-12,19H,4,13-14H2,1-3H3,(H2,23,25)/t19?,22-/m0/s1. The van der Waals surface area contributed by atoms with Crippen LogP contribution in [0.15, 0.2) is 53.4 Å². The first-order valence-electron chi connectivity index (χ1n) is 9.84. The zero-order chi connectivity index (χ0) is 22.8. The van der Waals surface area contributed by atoms with Crippen molar-refractivity contribution in [1.82, 2.24) is 0 Å². The van der Waals surface area contributed by atoms with Crippen molar-refractivity contribution in [3.8, 4) is 5.75 Å². The molecule has 0 aromatic heterocycles. The van der Waals surface area contributed by atoms with Gasteiger partial charge in [0.25, 0.3) is 10.0 Å². The summed E-state index contributed by atoms with van der Waals surface area (Å²) in [5.41, 5.74) is 5.73. The van der Waals surface area contributed by atoms with Crippen molar-refractivity contribution < 1.29 is 27.5 Å². The highest BCUT2D eigenvalue weighted by molar-refractivity contribution is 7.92. The fourth-order valence-electron chi connectivity index (χ4n) is 3.68. The molecule has 1 aliphatic rings. The number of nitrogens with two attached hydrogens (primary N) is 1. The molecule has 8 nitrogen and oxygen atoms in total. The number of rotatable bonds is 9. The zero-order valence-corrected chi connectivity index (χ0v) is 18.5. The Labute approximate surface area is 182 Å². The number of carbonyl (C=O) groups excluding carboxylic acids is 2. The summed E-state index contributed by atoms with van der Waals surface area (Å²) in [7, 11) is -0.770. The number of amides is 1. The molecule has 0 bridgehead atoms. The minimum Gasteiger partial charge on any atom is -0.497 e. The highest BCUT2D eigenvalue weighted by Crippen LogP contribution is 2.55. The van der Waals surface area contributed by atoms with Crippen molar-refractivity contribution in [3.05, 3.63) is 54.1 Å². The van der Waals surface area contributed by atoms with E-state index in [0.29, 0.717) is 24.3 Å². The molecule has 0 spiro atoms. The number of hydrogen-bond donors (Lipinski definition) is 1. The van der Waals surface area contributed by atoms with Gasteiger partial charge in [-0.15, -0.1) is 0 Å². The molecule has 1 amide bonds. The number of methoxy groups -OCH3 is 1. The topological polar surface area (TPSA) is 116 Å². The van der Waals surface area contributed by atoms with Crippen LogP contribution in [-0.2, 0) is 30.8 Å². The lowest BCUT2D eigenvalue weighted by atomic mass is 9.93. The van der Waals surface area contributed by atoms with Gasteiger partial charge in [0, 0.05) is 7.05 Å². The third kappa shape index (κ3) is 4.36. The van der Waals surface area contributed by atoms with Crippen LogP contribution in [0.5, 0.6) is 5.75 Å². The number of carbonyl (C=O) groups is 2. The van der Waals surface area contributed by atoms with Crippen LogP contribution in [-0.4, -0.2) is 41.1 Å². The Morgan fingerprint density at radius 2 is 1.74 bits per heavy atom. The third-order valence-corrected chi connectivity index (χ3v) is 7.44. The van der Waals surface area contributed by atoms with Gasteiger partial charge in [-0.1, -0.05) is 12.1 Å². The van der Waals surface area contributed by atoms with E-state index in [9.17, 15) is 18.0 Å². The number of benzene rings is 2. The Hall–Kier alpha value is -3.07. The van der Waals surface area contributed by atoms with Crippen LogP contribution in [0.4, 0.5) is 5.69 Å². The molecular formula is C22H26N2O6S. The highest BCUT2D eigenvalue weighted by atomic mass is 32.2. The molecule has 3 rings (SSSR count). The van der Waals surface area contributed by atoms with Crippen LogP contribution in [0.2, 0.25) is 0 Å². The largest absolute Gasteiger partial charge is 0.497 e. The van der Waals surface area contributed by atoms with Crippen molar-refractivity contribution in [2.45, 2.75) is 24.7 Å². The lowest BCUT2D eigenvalue weighted by molar-refractivity contribution is -0.151. The minimum absolute atomic E-state index is 0.142. The number of primary amides is 1. The molecule has 166 valence electrons. The second kappa shape index (κ2) is 8.58. The molecule has 1 aliphatic carbocycles. The van der Waals surface area contributed by atoms with Gasteiger partial charge in [0.1, 0.15) is 5.75 Å². The van der Waals surface area contributed by atoms with E-state index in [2.05, 4.69) is 0 Å². The normalized spacial score (nSPS) is 20.0. The number of ether oxygens (including phenoxy) is 2. The number of esters is 1. The van der Waals surface area contributed by atoms with E-state index in [1.165, 1.54) is 30.6 Å². The van der Waals surface area contributed by atoms with E-state index in [1.54, 1.807) is 43.3 Å². The van der Waals surface area contributed by atoms with Crippen LogP contribution in [0, 0.1) is 11.3 Å². The maximum atomic E-state index is 12.9. The summed E-state index contributed by atoms with van der Waals surface area (Å²) in [4.78, 5) is 24.2. The summed E-state index contributed by atoms with van der Waals surface area (Å²) in [6.07, 6.45) is 0.656. The van der Waals surface area contributed by atoms with E-state index in [0.717, 1.165) is 5.56 Å². The van der Waals surface area contributed by atoms with Crippen LogP contribution in [0.25, 0.3) is 0 Å². The van der Waals surface area contributed by atoms with Crippen molar-refractivity contribution in [2.24, 2.45) is 17.1 Å². The summed E-state index contributed by atoms with van der Waals surface area (Å²) in [6, 6.07) is 13.0. The van der Waals surface area contributed by atoms with Gasteiger partial charge < -0.3 is 15.2 Å². The van der Waals surface area contributed by atoms with Gasteiger partial charge in [-0.05, 0) is 61.7 Å². The Bertz CT molecular complexity index is 1070.